The Morgan fingerprint density at radius 2 is 2.38 bits per heavy atom. The number of urea groups is 1. The van der Waals surface area contributed by atoms with E-state index in [9.17, 15) is 4.79 Å². The van der Waals surface area contributed by atoms with Crippen molar-refractivity contribution in [3.63, 3.8) is 0 Å². The Kier molecular flexibility index (Phi) is 5.89. The molecule has 8 heteroatoms. The maximum Gasteiger partial charge on any atom is 0.314 e. The van der Waals surface area contributed by atoms with Gasteiger partial charge < -0.3 is 15.4 Å². The molecule has 1 atom stereocenters. The van der Waals surface area contributed by atoms with E-state index in [1.165, 1.54) is 11.5 Å². The fraction of sp³-hybridized carbons (Fsp3) is 0.769. The Labute approximate surface area is 129 Å². The first kappa shape index (κ1) is 16.1. The molecule has 1 aliphatic rings. The number of carbonyl (C=O) groups is 1. The maximum absolute atomic E-state index is 11.3. The first-order valence-electron chi connectivity index (χ1n) is 7.20. The molecule has 0 aliphatic carbocycles. The van der Waals surface area contributed by atoms with Gasteiger partial charge in [-0.25, -0.2) is 9.78 Å². The first-order chi connectivity index (χ1) is 10.1. The van der Waals surface area contributed by atoms with Gasteiger partial charge in [-0.2, -0.15) is 4.37 Å². The second-order valence-electron chi connectivity index (χ2n) is 5.36. The van der Waals surface area contributed by atoms with Gasteiger partial charge in [0.25, 0.3) is 0 Å². The third-order valence-electron chi connectivity index (χ3n) is 3.41. The molecule has 2 amide bonds. The van der Waals surface area contributed by atoms with Crippen LogP contribution < -0.4 is 10.6 Å². The van der Waals surface area contributed by atoms with Crippen molar-refractivity contribution < 1.29 is 9.53 Å². The Hall–Kier alpha value is -1.25. The van der Waals surface area contributed by atoms with E-state index in [1.54, 1.807) is 7.05 Å². The smallest absolute Gasteiger partial charge is 0.314 e. The molecule has 1 unspecified atom stereocenters. The first-order valence-corrected chi connectivity index (χ1v) is 7.97. The van der Waals surface area contributed by atoms with Gasteiger partial charge in [0.05, 0.1) is 25.8 Å². The molecule has 21 heavy (non-hydrogen) atoms. The molecule has 7 nitrogen and oxygen atoms in total. The molecule has 1 saturated heterocycles. The van der Waals surface area contributed by atoms with Crippen molar-refractivity contribution in [2.45, 2.75) is 32.4 Å². The average molecular weight is 313 g/mol. The van der Waals surface area contributed by atoms with Crippen LogP contribution in [0.3, 0.4) is 0 Å². The molecule has 1 aliphatic heterocycles. The predicted octanol–water partition coefficient (Wildman–Crippen LogP) is 0.791. The van der Waals surface area contributed by atoms with E-state index in [-0.39, 0.29) is 12.1 Å². The van der Waals surface area contributed by atoms with Crippen molar-refractivity contribution in [1.29, 1.82) is 0 Å². The van der Waals surface area contributed by atoms with Gasteiger partial charge in [-0.05, 0) is 11.5 Å². The summed E-state index contributed by atoms with van der Waals surface area (Å²) >= 11 is 1.46. The number of carbonyl (C=O) groups excluding carboxylic acids is 1. The van der Waals surface area contributed by atoms with Crippen LogP contribution in [0.1, 0.15) is 30.6 Å². The Bertz CT molecular complexity index is 465. The summed E-state index contributed by atoms with van der Waals surface area (Å²) in [4.78, 5) is 18.2. The second-order valence-corrected chi connectivity index (χ2v) is 6.20. The molecule has 2 rings (SSSR count). The lowest BCUT2D eigenvalue weighted by molar-refractivity contribution is -0.00996. The third kappa shape index (κ3) is 4.62. The van der Waals surface area contributed by atoms with Crippen LogP contribution in [0.5, 0.6) is 0 Å². The summed E-state index contributed by atoms with van der Waals surface area (Å²) in [5, 5.41) is 6.41. The van der Waals surface area contributed by atoms with E-state index >= 15 is 0 Å². The number of aromatic nitrogens is 2. The maximum atomic E-state index is 11.3. The molecule has 2 heterocycles. The van der Waals surface area contributed by atoms with E-state index in [2.05, 4.69) is 38.7 Å². The molecule has 1 aromatic rings. The van der Waals surface area contributed by atoms with Gasteiger partial charge in [0.1, 0.15) is 10.8 Å². The monoisotopic (exact) mass is 313 g/mol. The second kappa shape index (κ2) is 7.67. The van der Waals surface area contributed by atoms with Gasteiger partial charge in [0.2, 0.25) is 0 Å². The van der Waals surface area contributed by atoms with E-state index in [4.69, 9.17) is 4.74 Å². The van der Waals surface area contributed by atoms with Crippen LogP contribution in [0.25, 0.3) is 0 Å². The third-order valence-corrected chi connectivity index (χ3v) is 4.12. The molecule has 118 valence electrons. The fourth-order valence-electron chi connectivity index (χ4n) is 2.12. The molecule has 1 fully saturated rings. The van der Waals surface area contributed by atoms with Crippen molar-refractivity contribution in [1.82, 2.24) is 24.9 Å². The minimum atomic E-state index is -0.168. The number of nitrogens with one attached hydrogen (secondary N) is 2. The quantitative estimate of drug-likeness (QED) is 0.840. The van der Waals surface area contributed by atoms with Crippen molar-refractivity contribution in [2.24, 2.45) is 0 Å². The minimum Gasteiger partial charge on any atom is -0.378 e. The zero-order valence-corrected chi connectivity index (χ0v) is 13.6. The molecule has 1 aromatic heterocycles. The van der Waals surface area contributed by atoms with Crippen LogP contribution in [-0.2, 0) is 11.3 Å². The summed E-state index contributed by atoms with van der Waals surface area (Å²) in [6, 6.07) is 0.000910. The number of nitrogens with zero attached hydrogens (tertiary/aromatic N) is 3. The average Bonchev–Trinajstić information content (AvgIpc) is 2.95. The van der Waals surface area contributed by atoms with Crippen molar-refractivity contribution >= 4 is 17.6 Å². The highest BCUT2D eigenvalue weighted by Crippen LogP contribution is 2.17. The van der Waals surface area contributed by atoms with Crippen LogP contribution in [0.15, 0.2) is 0 Å². The lowest BCUT2D eigenvalue weighted by atomic mass is 10.2. The summed E-state index contributed by atoms with van der Waals surface area (Å²) < 4.78 is 9.90. The Morgan fingerprint density at radius 3 is 3.05 bits per heavy atom. The van der Waals surface area contributed by atoms with E-state index in [1.807, 2.05) is 0 Å². The molecular weight excluding hydrogens is 290 g/mol. The summed E-state index contributed by atoms with van der Waals surface area (Å²) in [7, 11) is 1.61. The summed E-state index contributed by atoms with van der Waals surface area (Å²) in [5.74, 6) is 1.26. The van der Waals surface area contributed by atoms with Crippen molar-refractivity contribution in [3.8, 4) is 0 Å². The lowest BCUT2D eigenvalue weighted by Gasteiger charge is -2.34. The zero-order chi connectivity index (χ0) is 15.2. The molecular formula is C13H23N5O2S. The van der Waals surface area contributed by atoms with Gasteiger partial charge in [-0.15, -0.1) is 0 Å². The normalized spacial score (nSPS) is 19.7. The number of hydrogen-bond acceptors (Lipinski definition) is 6. The van der Waals surface area contributed by atoms with Crippen LogP contribution in [0.4, 0.5) is 4.79 Å². The van der Waals surface area contributed by atoms with Crippen LogP contribution in [0.2, 0.25) is 0 Å². The van der Waals surface area contributed by atoms with E-state index in [0.29, 0.717) is 25.7 Å². The number of hydrogen-bond donors (Lipinski definition) is 2. The zero-order valence-electron chi connectivity index (χ0n) is 12.8. The van der Waals surface area contributed by atoms with Gasteiger partial charge in [0, 0.05) is 26.1 Å². The van der Waals surface area contributed by atoms with Crippen molar-refractivity contribution in [3.05, 3.63) is 10.8 Å². The largest absolute Gasteiger partial charge is 0.378 e. The van der Waals surface area contributed by atoms with E-state index < -0.39 is 0 Å². The topological polar surface area (TPSA) is 79.4 Å². The number of amides is 2. The molecule has 0 aromatic carbocycles. The number of ether oxygens (including phenoxy) is 1. The standard InChI is InChI=1S/C13H23N5O2S/c1-9(2)12-16-11(21-17-12)7-18-4-5-20-8-10(18)6-15-13(19)14-3/h9-10H,4-8H2,1-3H3,(H2,14,15,19). The Morgan fingerprint density at radius 1 is 1.57 bits per heavy atom. The highest BCUT2D eigenvalue weighted by Gasteiger charge is 2.24. The van der Waals surface area contributed by atoms with E-state index in [0.717, 1.165) is 23.9 Å². The minimum absolute atomic E-state index is 0.168. The molecule has 2 N–H and O–H groups in total. The fourth-order valence-corrected chi connectivity index (χ4v) is 2.93. The van der Waals surface area contributed by atoms with Gasteiger partial charge in [-0.3, -0.25) is 4.90 Å². The van der Waals surface area contributed by atoms with Gasteiger partial charge in [0.15, 0.2) is 0 Å². The Balaban J connectivity index is 1.92. The van der Waals surface area contributed by atoms with Crippen molar-refractivity contribution in [2.75, 3.05) is 33.4 Å². The van der Waals surface area contributed by atoms with Crippen LogP contribution in [0, 0.1) is 0 Å². The SMILES string of the molecule is CNC(=O)NCC1COCCN1Cc1nc(C(C)C)ns1. The summed E-state index contributed by atoms with van der Waals surface area (Å²) in [5.41, 5.74) is 0. The molecule has 0 spiro atoms. The summed E-state index contributed by atoms with van der Waals surface area (Å²) in [6.45, 7) is 7.69. The number of rotatable bonds is 5. The molecule has 0 saturated carbocycles. The van der Waals surface area contributed by atoms with Crippen LogP contribution >= 0.6 is 11.5 Å². The predicted molar refractivity (Wildman–Crippen MR) is 81.5 cm³/mol. The molecule has 0 bridgehead atoms. The number of morpholine rings is 1. The lowest BCUT2D eigenvalue weighted by Crippen LogP contribution is -2.51. The molecule has 0 radical (unpaired) electrons. The van der Waals surface area contributed by atoms with Crippen LogP contribution in [-0.4, -0.2) is 59.7 Å². The van der Waals surface area contributed by atoms with Gasteiger partial charge in [-0.1, -0.05) is 13.8 Å². The van der Waals surface area contributed by atoms with Gasteiger partial charge >= 0.3 is 6.03 Å². The summed E-state index contributed by atoms with van der Waals surface area (Å²) in [6.07, 6.45) is 0. The highest BCUT2D eigenvalue weighted by molar-refractivity contribution is 7.05. The highest BCUT2D eigenvalue weighted by atomic mass is 32.1.